The number of phenols is 1. The SMILES string of the molecule is CC(C)N1CCC(CCOc2ccc(/C(=C(/CCCO)c3ccccc3)c3ccc(O)cc3)cc2)C1. The smallest absolute Gasteiger partial charge is 0.119 e. The zero-order valence-electron chi connectivity index (χ0n) is 21.6. The molecule has 1 saturated heterocycles. The number of hydrogen-bond acceptors (Lipinski definition) is 4. The van der Waals surface area contributed by atoms with E-state index >= 15 is 0 Å². The molecule has 4 heteroatoms. The van der Waals surface area contributed by atoms with Crippen molar-refractivity contribution < 1.29 is 14.9 Å². The molecule has 0 aliphatic carbocycles. The molecule has 0 aromatic heterocycles. The summed E-state index contributed by atoms with van der Waals surface area (Å²) in [5.41, 5.74) is 5.56. The maximum atomic E-state index is 9.88. The fraction of sp³-hybridized carbons (Fsp3) is 0.375. The van der Waals surface area contributed by atoms with Gasteiger partial charge >= 0.3 is 0 Å². The summed E-state index contributed by atoms with van der Waals surface area (Å²) in [6.45, 7) is 7.80. The Kier molecular flexibility index (Phi) is 9.21. The minimum Gasteiger partial charge on any atom is -0.508 e. The Hall–Kier alpha value is -3.08. The number of allylic oxidation sites excluding steroid dienone is 1. The van der Waals surface area contributed by atoms with Gasteiger partial charge in [0.05, 0.1) is 6.61 Å². The summed E-state index contributed by atoms with van der Waals surface area (Å²) in [6.07, 6.45) is 3.78. The van der Waals surface area contributed by atoms with Crippen molar-refractivity contribution in [3.63, 3.8) is 0 Å². The molecule has 190 valence electrons. The third kappa shape index (κ3) is 6.77. The minimum absolute atomic E-state index is 0.141. The lowest BCUT2D eigenvalue weighted by Gasteiger charge is -2.20. The summed E-state index contributed by atoms with van der Waals surface area (Å²) in [7, 11) is 0. The Morgan fingerprint density at radius 3 is 2.19 bits per heavy atom. The number of hydrogen-bond donors (Lipinski definition) is 2. The Bertz CT molecular complexity index is 1100. The van der Waals surface area contributed by atoms with E-state index in [1.165, 1.54) is 25.1 Å². The van der Waals surface area contributed by atoms with Crippen molar-refractivity contribution in [2.45, 2.75) is 45.6 Å². The fourth-order valence-electron chi connectivity index (χ4n) is 5.08. The molecule has 0 spiro atoms. The molecule has 4 rings (SSSR count). The van der Waals surface area contributed by atoms with Gasteiger partial charge in [-0.1, -0.05) is 54.6 Å². The highest BCUT2D eigenvalue weighted by atomic mass is 16.5. The first-order valence-corrected chi connectivity index (χ1v) is 13.2. The number of rotatable bonds is 11. The van der Waals surface area contributed by atoms with Crippen molar-refractivity contribution in [1.29, 1.82) is 0 Å². The summed E-state index contributed by atoms with van der Waals surface area (Å²) in [6, 6.07) is 26.7. The van der Waals surface area contributed by atoms with Gasteiger partial charge in [0.1, 0.15) is 11.5 Å². The second kappa shape index (κ2) is 12.8. The predicted molar refractivity (Wildman–Crippen MR) is 148 cm³/mol. The van der Waals surface area contributed by atoms with Crippen LogP contribution in [0.1, 0.15) is 56.2 Å². The van der Waals surface area contributed by atoms with Crippen LogP contribution in [0.2, 0.25) is 0 Å². The first-order chi connectivity index (χ1) is 17.5. The van der Waals surface area contributed by atoms with Crippen LogP contribution >= 0.6 is 0 Å². The first-order valence-electron chi connectivity index (χ1n) is 13.2. The van der Waals surface area contributed by atoms with E-state index in [0.29, 0.717) is 12.5 Å². The molecule has 1 heterocycles. The van der Waals surface area contributed by atoms with Crippen molar-refractivity contribution in [2.75, 3.05) is 26.3 Å². The molecule has 1 unspecified atom stereocenters. The van der Waals surface area contributed by atoms with E-state index in [0.717, 1.165) is 53.4 Å². The highest BCUT2D eigenvalue weighted by molar-refractivity contribution is 5.98. The molecule has 1 aliphatic heterocycles. The van der Waals surface area contributed by atoms with Crippen molar-refractivity contribution in [1.82, 2.24) is 4.90 Å². The fourth-order valence-corrected chi connectivity index (χ4v) is 5.08. The number of likely N-dealkylation sites (tertiary alicyclic amines) is 1. The van der Waals surface area contributed by atoms with E-state index in [1.807, 2.05) is 30.3 Å². The molecule has 36 heavy (non-hydrogen) atoms. The van der Waals surface area contributed by atoms with Crippen molar-refractivity contribution in [3.8, 4) is 11.5 Å². The van der Waals surface area contributed by atoms with Gasteiger partial charge in [0.25, 0.3) is 0 Å². The molecule has 3 aromatic carbocycles. The molecule has 1 atom stereocenters. The second-order valence-corrected chi connectivity index (χ2v) is 10.00. The maximum absolute atomic E-state index is 9.88. The maximum Gasteiger partial charge on any atom is 0.119 e. The highest BCUT2D eigenvalue weighted by Gasteiger charge is 2.23. The molecule has 4 nitrogen and oxygen atoms in total. The molecular weight excluding hydrogens is 446 g/mol. The van der Waals surface area contributed by atoms with E-state index in [4.69, 9.17) is 4.74 Å². The molecule has 0 bridgehead atoms. The van der Waals surface area contributed by atoms with E-state index in [-0.39, 0.29) is 12.4 Å². The van der Waals surface area contributed by atoms with Gasteiger partial charge in [-0.2, -0.15) is 0 Å². The number of benzene rings is 3. The topological polar surface area (TPSA) is 52.9 Å². The van der Waals surface area contributed by atoms with E-state index in [9.17, 15) is 10.2 Å². The molecule has 1 aliphatic rings. The van der Waals surface area contributed by atoms with Crippen LogP contribution in [0.5, 0.6) is 11.5 Å². The predicted octanol–water partition coefficient (Wildman–Crippen LogP) is 6.62. The molecule has 1 fully saturated rings. The number of phenolic OH excluding ortho intramolecular Hbond substituents is 1. The normalized spacial score (nSPS) is 16.8. The van der Waals surface area contributed by atoms with Crippen molar-refractivity contribution >= 4 is 11.1 Å². The second-order valence-electron chi connectivity index (χ2n) is 10.00. The lowest BCUT2D eigenvalue weighted by atomic mass is 9.87. The third-order valence-corrected chi connectivity index (χ3v) is 7.15. The number of ether oxygens (including phenoxy) is 1. The van der Waals surface area contributed by atoms with Crippen LogP contribution in [0.3, 0.4) is 0 Å². The van der Waals surface area contributed by atoms with Gasteiger partial charge in [-0.3, -0.25) is 0 Å². The Labute approximate surface area is 215 Å². The molecular formula is C32H39NO3. The summed E-state index contributed by atoms with van der Waals surface area (Å²) >= 11 is 0. The summed E-state index contributed by atoms with van der Waals surface area (Å²) < 4.78 is 6.13. The van der Waals surface area contributed by atoms with Crippen LogP contribution in [0.15, 0.2) is 78.9 Å². The Morgan fingerprint density at radius 2 is 1.58 bits per heavy atom. The number of aliphatic hydroxyl groups excluding tert-OH is 1. The minimum atomic E-state index is 0.141. The largest absolute Gasteiger partial charge is 0.508 e. The van der Waals surface area contributed by atoms with Crippen LogP contribution < -0.4 is 4.74 Å². The van der Waals surface area contributed by atoms with Crippen LogP contribution in [0, 0.1) is 5.92 Å². The third-order valence-electron chi connectivity index (χ3n) is 7.15. The van der Waals surface area contributed by atoms with Gasteiger partial charge in [0.2, 0.25) is 0 Å². The molecule has 0 radical (unpaired) electrons. The summed E-state index contributed by atoms with van der Waals surface area (Å²) in [5.74, 6) is 1.85. The Morgan fingerprint density at radius 1 is 0.917 bits per heavy atom. The quantitative estimate of drug-likeness (QED) is 0.300. The zero-order valence-corrected chi connectivity index (χ0v) is 21.6. The van der Waals surface area contributed by atoms with Crippen LogP contribution in [0.4, 0.5) is 0 Å². The van der Waals surface area contributed by atoms with Crippen LogP contribution in [0.25, 0.3) is 11.1 Å². The molecule has 0 amide bonds. The monoisotopic (exact) mass is 485 g/mol. The molecule has 2 N–H and O–H groups in total. The first kappa shape index (κ1) is 26.0. The number of nitrogens with zero attached hydrogens (tertiary/aromatic N) is 1. The molecule has 3 aromatic rings. The van der Waals surface area contributed by atoms with Gasteiger partial charge in [-0.05, 0) is 104 Å². The summed E-state index contributed by atoms with van der Waals surface area (Å²) in [4.78, 5) is 2.55. The van der Waals surface area contributed by atoms with Crippen LogP contribution in [-0.2, 0) is 0 Å². The average Bonchev–Trinajstić information content (AvgIpc) is 3.38. The summed E-state index contributed by atoms with van der Waals surface area (Å²) in [5, 5.41) is 19.5. The van der Waals surface area contributed by atoms with E-state index in [1.54, 1.807) is 12.1 Å². The lowest BCUT2D eigenvalue weighted by Crippen LogP contribution is -2.28. The average molecular weight is 486 g/mol. The number of aliphatic hydroxyl groups is 1. The van der Waals surface area contributed by atoms with Crippen molar-refractivity contribution in [2.24, 2.45) is 5.92 Å². The molecule has 0 saturated carbocycles. The van der Waals surface area contributed by atoms with E-state index < -0.39 is 0 Å². The van der Waals surface area contributed by atoms with Crippen molar-refractivity contribution in [3.05, 3.63) is 95.6 Å². The Balaban J connectivity index is 1.56. The van der Waals surface area contributed by atoms with Gasteiger partial charge in [0.15, 0.2) is 0 Å². The van der Waals surface area contributed by atoms with Crippen LogP contribution in [-0.4, -0.2) is 47.5 Å². The highest BCUT2D eigenvalue weighted by Crippen LogP contribution is 2.36. The van der Waals surface area contributed by atoms with Gasteiger partial charge in [-0.25, -0.2) is 0 Å². The zero-order chi connectivity index (χ0) is 25.3. The lowest BCUT2D eigenvalue weighted by molar-refractivity contribution is 0.244. The standard InChI is InChI=1S/C32H39NO3/c1-24(2)33-20-18-25(23-33)19-22-36-30-16-12-28(13-17-30)32(27-10-14-29(35)15-11-27)31(9-6-21-34)26-7-4-3-5-8-26/h3-5,7-8,10-17,24-25,34-35H,6,9,18-23H2,1-2H3/b32-31-. The van der Waals surface area contributed by atoms with E-state index in [2.05, 4.69) is 55.1 Å². The van der Waals surface area contributed by atoms with Gasteiger partial charge in [0, 0.05) is 19.2 Å². The number of aromatic hydroxyl groups is 1. The van der Waals surface area contributed by atoms with Gasteiger partial charge in [-0.15, -0.1) is 0 Å². The van der Waals surface area contributed by atoms with Gasteiger partial charge < -0.3 is 19.8 Å².